The maximum atomic E-state index is 13.3. The van der Waals surface area contributed by atoms with Gasteiger partial charge >= 0.3 is 0 Å². The van der Waals surface area contributed by atoms with Crippen LogP contribution in [0.3, 0.4) is 0 Å². The van der Waals surface area contributed by atoms with Crippen LogP contribution in [-0.4, -0.2) is 6.54 Å². The highest BCUT2D eigenvalue weighted by molar-refractivity contribution is 9.10. The molecule has 0 amide bonds. The van der Waals surface area contributed by atoms with Crippen molar-refractivity contribution in [2.75, 3.05) is 11.9 Å². The number of hydrogen-bond acceptors (Lipinski definition) is 1. The molecule has 0 aliphatic carbocycles. The van der Waals surface area contributed by atoms with E-state index in [1.54, 1.807) is 12.1 Å². The maximum Gasteiger partial charge on any atom is 0.146 e. The summed E-state index contributed by atoms with van der Waals surface area (Å²) in [6, 6.07) is 14.9. The average molecular weight is 294 g/mol. The van der Waals surface area contributed by atoms with Gasteiger partial charge in [-0.15, -0.1) is 0 Å². The molecule has 0 saturated heterocycles. The van der Waals surface area contributed by atoms with Crippen LogP contribution in [0.25, 0.3) is 0 Å². The summed E-state index contributed by atoms with van der Waals surface area (Å²) in [5, 5.41) is 3.09. The molecule has 1 N–H and O–H groups in total. The Kier molecular flexibility index (Phi) is 4.15. The van der Waals surface area contributed by atoms with Crippen molar-refractivity contribution in [3.8, 4) is 0 Å². The number of anilines is 1. The van der Waals surface area contributed by atoms with E-state index in [0.717, 1.165) is 17.4 Å². The summed E-state index contributed by atoms with van der Waals surface area (Å²) < 4.78 is 14.4. The zero-order chi connectivity index (χ0) is 12.1. The van der Waals surface area contributed by atoms with E-state index in [4.69, 9.17) is 0 Å². The minimum atomic E-state index is -0.205. The Morgan fingerprint density at radius 1 is 1.00 bits per heavy atom. The van der Waals surface area contributed by atoms with Crippen LogP contribution in [-0.2, 0) is 6.42 Å². The maximum absolute atomic E-state index is 13.3. The van der Waals surface area contributed by atoms with E-state index >= 15 is 0 Å². The fraction of sp³-hybridized carbons (Fsp3) is 0.143. The summed E-state index contributed by atoms with van der Waals surface area (Å²) >= 11 is 3.39. The Hall–Kier alpha value is -1.35. The lowest BCUT2D eigenvalue weighted by molar-refractivity contribution is 0.630. The summed E-state index contributed by atoms with van der Waals surface area (Å²) in [5.41, 5.74) is 1.79. The van der Waals surface area contributed by atoms with Crippen LogP contribution >= 0.6 is 15.9 Å². The first kappa shape index (κ1) is 12.1. The minimum absolute atomic E-state index is 0.205. The van der Waals surface area contributed by atoms with Crippen molar-refractivity contribution in [1.82, 2.24) is 0 Å². The smallest absolute Gasteiger partial charge is 0.146 e. The van der Waals surface area contributed by atoms with Crippen LogP contribution in [0.1, 0.15) is 5.56 Å². The standard InChI is InChI=1S/C14H13BrFN/c15-12-7-5-11(6-8-12)9-10-17-14-4-2-1-3-13(14)16/h1-8,17H,9-10H2. The van der Waals surface area contributed by atoms with Crippen molar-refractivity contribution in [1.29, 1.82) is 0 Å². The molecule has 0 unspecified atom stereocenters. The molecule has 0 saturated carbocycles. The van der Waals surface area contributed by atoms with Gasteiger partial charge < -0.3 is 5.32 Å². The zero-order valence-electron chi connectivity index (χ0n) is 9.29. The Bertz CT molecular complexity index is 482. The first-order valence-corrected chi connectivity index (χ1v) is 6.28. The second-order valence-electron chi connectivity index (χ2n) is 3.78. The van der Waals surface area contributed by atoms with Crippen molar-refractivity contribution < 1.29 is 4.39 Å². The van der Waals surface area contributed by atoms with E-state index < -0.39 is 0 Å². The highest BCUT2D eigenvalue weighted by Gasteiger charge is 1.99. The Labute approximate surface area is 109 Å². The van der Waals surface area contributed by atoms with Crippen molar-refractivity contribution in [2.24, 2.45) is 0 Å². The normalized spacial score (nSPS) is 10.2. The summed E-state index contributed by atoms with van der Waals surface area (Å²) in [6.45, 7) is 0.725. The van der Waals surface area contributed by atoms with E-state index in [2.05, 4.69) is 33.4 Å². The molecule has 2 aromatic rings. The van der Waals surface area contributed by atoms with E-state index in [0.29, 0.717) is 5.69 Å². The zero-order valence-corrected chi connectivity index (χ0v) is 10.9. The molecule has 17 heavy (non-hydrogen) atoms. The van der Waals surface area contributed by atoms with E-state index in [9.17, 15) is 4.39 Å². The Balaban J connectivity index is 1.88. The molecule has 0 bridgehead atoms. The minimum Gasteiger partial charge on any atom is -0.382 e. The lowest BCUT2D eigenvalue weighted by Crippen LogP contribution is -2.06. The average Bonchev–Trinajstić information content (AvgIpc) is 2.34. The van der Waals surface area contributed by atoms with E-state index in [1.165, 1.54) is 11.6 Å². The number of hydrogen-bond donors (Lipinski definition) is 1. The predicted octanol–water partition coefficient (Wildman–Crippen LogP) is 4.24. The number of halogens is 2. The summed E-state index contributed by atoms with van der Waals surface area (Å²) in [7, 11) is 0. The molecule has 0 spiro atoms. The van der Waals surface area contributed by atoms with Crippen LogP contribution in [0.15, 0.2) is 53.0 Å². The molecule has 0 heterocycles. The fourth-order valence-electron chi connectivity index (χ4n) is 1.60. The first-order valence-electron chi connectivity index (χ1n) is 5.48. The molecular weight excluding hydrogens is 281 g/mol. The molecule has 2 aromatic carbocycles. The van der Waals surface area contributed by atoms with Gasteiger partial charge in [-0.05, 0) is 36.2 Å². The second kappa shape index (κ2) is 5.82. The van der Waals surface area contributed by atoms with Crippen LogP contribution in [0.4, 0.5) is 10.1 Å². The lowest BCUT2D eigenvalue weighted by atomic mass is 10.1. The van der Waals surface area contributed by atoms with Gasteiger partial charge in [-0.25, -0.2) is 4.39 Å². The van der Waals surface area contributed by atoms with Crippen LogP contribution < -0.4 is 5.32 Å². The van der Waals surface area contributed by atoms with Crippen LogP contribution in [0.2, 0.25) is 0 Å². The molecule has 0 radical (unpaired) electrons. The third-order valence-corrected chi connectivity index (χ3v) is 3.04. The van der Waals surface area contributed by atoms with Gasteiger partial charge in [-0.2, -0.15) is 0 Å². The third kappa shape index (κ3) is 3.56. The highest BCUT2D eigenvalue weighted by Crippen LogP contribution is 2.13. The van der Waals surface area contributed by atoms with E-state index in [-0.39, 0.29) is 5.82 Å². The van der Waals surface area contributed by atoms with Gasteiger partial charge in [0.05, 0.1) is 5.69 Å². The SMILES string of the molecule is Fc1ccccc1NCCc1ccc(Br)cc1. The molecule has 0 aliphatic heterocycles. The van der Waals surface area contributed by atoms with Crippen molar-refractivity contribution in [3.63, 3.8) is 0 Å². The van der Waals surface area contributed by atoms with Gasteiger partial charge in [0.25, 0.3) is 0 Å². The van der Waals surface area contributed by atoms with Crippen molar-refractivity contribution >= 4 is 21.6 Å². The van der Waals surface area contributed by atoms with Gasteiger partial charge in [0.2, 0.25) is 0 Å². The summed E-state index contributed by atoms with van der Waals surface area (Å²) in [6.07, 6.45) is 0.877. The quantitative estimate of drug-likeness (QED) is 0.889. The lowest BCUT2D eigenvalue weighted by Gasteiger charge is -2.07. The molecule has 3 heteroatoms. The van der Waals surface area contributed by atoms with Gasteiger partial charge in [0.15, 0.2) is 0 Å². The topological polar surface area (TPSA) is 12.0 Å². The molecule has 0 atom stereocenters. The fourth-order valence-corrected chi connectivity index (χ4v) is 1.86. The number of benzene rings is 2. The Morgan fingerprint density at radius 2 is 1.71 bits per heavy atom. The second-order valence-corrected chi connectivity index (χ2v) is 4.70. The van der Waals surface area contributed by atoms with Crippen molar-refractivity contribution in [3.05, 3.63) is 64.4 Å². The molecule has 2 rings (SSSR count). The van der Waals surface area contributed by atoms with Crippen LogP contribution in [0.5, 0.6) is 0 Å². The number of nitrogens with one attached hydrogen (secondary N) is 1. The van der Waals surface area contributed by atoms with Gasteiger partial charge in [-0.3, -0.25) is 0 Å². The molecule has 1 nitrogen and oxygen atoms in total. The van der Waals surface area contributed by atoms with Gasteiger partial charge in [0.1, 0.15) is 5.82 Å². The Morgan fingerprint density at radius 3 is 2.41 bits per heavy atom. The van der Waals surface area contributed by atoms with Crippen LogP contribution in [0, 0.1) is 5.82 Å². The predicted molar refractivity (Wildman–Crippen MR) is 72.7 cm³/mol. The van der Waals surface area contributed by atoms with Gasteiger partial charge in [0, 0.05) is 11.0 Å². The van der Waals surface area contributed by atoms with Gasteiger partial charge in [-0.1, -0.05) is 40.2 Å². The van der Waals surface area contributed by atoms with Crippen molar-refractivity contribution in [2.45, 2.75) is 6.42 Å². The number of para-hydroxylation sites is 1. The third-order valence-electron chi connectivity index (χ3n) is 2.52. The number of rotatable bonds is 4. The molecule has 0 fully saturated rings. The summed E-state index contributed by atoms with van der Waals surface area (Å²) in [5.74, 6) is -0.205. The molecule has 0 aromatic heterocycles. The monoisotopic (exact) mass is 293 g/mol. The molecule has 0 aliphatic rings. The molecule has 88 valence electrons. The largest absolute Gasteiger partial charge is 0.382 e. The first-order chi connectivity index (χ1) is 8.25. The highest BCUT2D eigenvalue weighted by atomic mass is 79.9. The summed E-state index contributed by atoms with van der Waals surface area (Å²) in [4.78, 5) is 0. The van der Waals surface area contributed by atoms with E-state index in [1.807, 2.05) is 18.2 Å². The molecular formula is C14H13BrFN.